The van der Waals surface area contributed by atoms with Gasteiger partial charge in [0.2, 0.25) is 5.88 Å². The monoisotopic (exact) mass is 421 g/mol. The molecule has 1 aliphatic carbocycles. The number of nitrogens with one attached hydrogen (secondary N) is 1. The third-order valence-corrected chi connectivity index (χ3v) is 6.48. The van der Waals surface area contributed by atoms with Gasteiger partial charge < -0.3 is 10.1 Å². The fourth-order valence-corrected chi connectivity index (χ4v) is 4.77. The first-order valence-corrected chi connectivity index (χ1v) is 10.9. The summed E-state index contributed by atoms with van der Waals surface area (Å²) in [6.07, 6.45) is 8.36. The van der Waals surface area contributed by atoms with Crippen LogP contribution in [-0.4, -0.2) is 29.0 Å². The van der Waals surface area contributed by atoms with Crippen molar-refractivity contribution in [3.05, 3.63) is 65.7 Å². The average molecular weight is 422 g/mol. The van der Waals surface area contributed by atoms with Gasteiger partial charge >= 0.3 is 0 Å². The lowest BCUT2D eigenvalue weighted by molar-refractivity contribution is 0.0909. The highest BCUT2D eigenvalue weighted by molar-refractivity contribution is 5.94. The van der Waals surface area contributed by atoms with Crippen LogP contribution >= 0.6 is 0 Å². The number of rotatable bonds is 6. The first kappa shape index (κ1) is 21.2. The molecule has 1 fully saturated rings. The van der Waals surface area contributed by atoms with Gasteiger partial charge in [0, 0.05) is 29.9 Å². The Morgan fingerprint density at radius 1 is 1.16 bits per heavy atom. The number of methoxy groups -OCH3 is 1. The van der Waals surface area contributed by atoms with Crippen molar-refractivity contribution in [2.45, 2.75) is 51.0 Å². The largest absolute Gasteiger partial charge is 0.481 e. The van der Waals surface area contributed by atoms with E-state index in [4.69, 9.17) is 4.74 Å². The SMILES string of the molecule is CCC(NC(=O)c1ccc(OC)nc1)C1CCC(c2ccnc3ccc(F)cc23)CC1. The Bertz CT molecular complexity index is 1050. The summed E-state index contributed by atoms with van der Waals surface area (Å²) in [5.41, 5.74) is 2.57. The van der Waals surface area contributed by atoms with E-state index in [2.05, 4.69) is 22.2 Å². The number of carbonyl (C=O) groups is 1. The molecular weight excluding hydrogens is 393 g/mol. The number of ether oxygens (including phenoxy) is 1. The van der Waals surface area contributed by atoms with Crippen LogP contribution in [0.4, 0.5) is 4.39 Å². The smallest absolute Gasteiger partial charge is 0.253 e. The van der Waals surface area contributed by atoms with E-state index >= 15 is 0 Å². The molecule has 1 N–H and O–H groups in total. The molecule has 0 radical (unpaired) electrons. The molecule has 0 saturated heterocycles. The molecule has 162 valence electrons. The Kier molecular flexibility index (Phi) is 6.44. The molecule has 1 unspecified atom stereocenters. The summed E-state index contributed by atoms with van der Waals surface area (Å²) in [6, 6.07) is 10.4. The number of hydrogen-bond donors (Lipinski definition) is 1. The van der Waals surface area contributed by atoms with Crippen LogP contribution in [-0.2, 0) is 0 Å². The standard InChI is InChI=1S/C25H28FN3O2/c1-3-22(29-25(30)18-8-11-24(31-2)28-15-18)17-6-4-16(5-7-17)20-12-13-27-23-10-9-19(26)14-21(20)23/h8-17,22H,3-7H2,1-2H3,(H,29,30). The summed E-state index contributed by atoms with van der Waals surface area (Å²) < 4.78 is 18.9. The van der Waals surface area contributed by atoms with Crippen molar-refractivity contribution in [2.24, 2.45) is 5.92 Å². The van der Waals surface area contributed by atoms with Crippen molar-refractivity contribution in [3.63, 3.8) is 0 Å². The van der Waals surface area contributed by atoms with Gasteiger partial charge in [0.25, 0.3) is 5.91 Å². The van der Waals surface area contributed by atoms with Gasteiger partial charge in [-0.2, -0.15) is 0 Å². The number of hydrogen-bond acceptors (Lipinski definition) is 4. The lowest BCUT2D eigenvalue weighted by atomic mass is 9.75. The van der Waals surface area contributed by atoms with Crippen LogP contribution in [0.5, 0.6) is 5.88 Å². The van der Waals surface area contributed by atoms with Gasteiger partial charge in [-0.3, -0.25) is 9.78 Å². The second kappa shape index (κ2) is 9.41. The Labute approximate surface area is 182 Å². The Morgan fingerprint density at radius 2 is 1.97 bits per heavy atom. The van der Waals surface area contributed by atoms with Crippen LogP contribution in [0.25, 0.3) is 10.9 Å². The molecule has 2 aromatic heterocycles. The molecule has 1 aromatic carbocycles. The maximum absolute atomic E-state index is 13.8. The zero-order chi connectivity index (χ0) is 21.8. The molecule has 1 amide bonds. The molecule has 1 aliphatic rings. The fourth-order valence-electron chi connectivity index (χ4n) is 4.77. The van der Waals surface area contributed by atoms with E-state index < -0.39 is 0 Å². The molecule has 6 heteroatoms. The van der Waals surface area contributed by atoms with Crippen LogP contribution in [0.3, 0.4) is 0 Å². The highest BCUT2D eigenvalue weighted by Gasteiger charge is 2.29. The topological polar surface area (TPSA) is 64.1 Å². The molecule has 31 heavy (non-hydrogen) atoms. The number of benzene rings is 1. The molecule has 0 spiro atoms. The molecule has 3 aromatic rings. The zero-order valence-corrected chi connectivity index (χ0v) is 18.0. The van der Waals surface area contributed by atoms with Gasteiger partial charge in [0.15, 0.2) is 0 Å². The summed E-state index contributed by atoms with van der Waals surface area (Å²) in [5, 5.41) is 4.12. The Balaban J connectivity index is 1.41. The average Bonchev–Trinajstić information content (AvgIpc) is 2.82. The van der Waals surface area contributed by atoms with E-state index in [9.17, 15) is 9.18 Å². The van der Waals surface area contributed by atoms with Crippen molar-refractivity contribution in [1.29, 1.82) is 0 Å². The number of pyridine rings is 2. The predicted molar refractivity (Wildman–Crippen MR) is 119 cm³/mol. The van der Waals surface area contributed by atoms with Crippen LogP contribution in [0.1, 0.15) is 60.9 Å². The van der Waals surface area contributed by atoms with Crippen molar-refractivity contribution in [3.8, 4) is 5.88 Å². The minimum atomic E-state index is -0.225. The van der Waals surface area contributed by atoms with Gasteiger partial charge in [0.1, 0.15) is 5.82 Å². The van der Waals surface area contributed by atoms with Crippen LogP contribution < -0.4 is 10.1 Å². The number of aromatic nitrogens is 2. The summed E-state index contributed by atoms with van der Waals surface area (Å²) in [4.78, 5) is 21.2. The third kappa shape index (κ3) is 4.68. The predicted octanol–water partition coefficient (Wildman–Crippen LogP) is 5.26. The van der Waals surface area contributed by atoms with Crippen molar-refractivity contribution < 1.29 is 13.9 Å². The second-order valence-electron chi connectivity index (χ2n) is 8.25. The lowest BCUT2D eigenvalue weighted by Gasteiger charge is -2.34. The van der Waals surface area contributed by atoms with E-state index in [0.717, 1.165) is 43.0 Å². The number of fused-ring (bicyclic) bond motifs is 1. The molecule has 1 atom stereocenters. The number of carbonyl (C=O) groups excluding carboxylic acids is 1. The molecular formula is C25H28FN3O2. The minimum absolute atomic E-state index is 0.0975. The normalized spacial score (nSPS) is 19.7. The first-order chi connectivity index (χ1) is 15.1. The van der Waals surface area contributed by atoms with Gasteiger partial charge in [0.05, 0.1) is 18.2 Å². The molecule has 2 heterocycles. The molecule has 5 nitrogen and oxygen atoms in total. The number of halogens is 1. The number of nitrogens with zero attached hydrogens (tertiary/aromatic N) is 2. The molecule has 0 bridgehead atoms. The highest BCUT2D eigenvalue weighted by atomic mass is 19.1. The summed E-state index contributed by atoms with van der Waals surface area (Å²) in [7, 11) is 1.55. The third-order valence-electron chi connectivity index (χ3n) is 6.48. The Morgan fingerprint density at radius 3 is 2.65 bits per heavy atom. The van der Waals surface area contributed by atoms with E-state index in [-0.39, 0.29) is 17.8 Å². The van der Waals surface area contributed by atoms with Gasteiger partial charge in [-0.15, -0.1) is 0 Å². The van der Waals surface area contributed by atoms with Crippen molar-refractivity contribution in [2.75, 3.05) is 7.11 Å². The van der Waals surface area contributed by atoms with E-state index in [1.54, 1.807) is 37.6 Å². The molecule has 1 saturated carbocycles. The van der Waals surface area contributed by atoms with Crippen molar-refractivity contribution in [1.82, 2.24) is 15.3 Å². The second-order valence-corrected chi connectivity index (χ2v) is 8.25. The summed E-state index contributed by atoms with van der Waals surface area (Å²) in [5.74, 6) is 0.992. The van der Waals surface area contributed by atoms with E-state index in [1.165, 1.54) is 11.6 Å². The maximum Gasteiger partial charge on any atom is 0.253 e. The summed E-state index contributed by atoms with van der Waals surface area (Å²) in [6.45, 7) is 2.11. The van der Waals surface area contributed by atoms with Gasteiger partial charge in [-0.05, 0) is 79.8 Å². The quantitative estimate of drug-likeness (QED) is 0.590. The highest BCUT2D eigenvalue weighted by Crippen LogP contribution is 2.39. The van der Waals surface area contributed by atoms with Crippen LogP contribution in [0.2, 0.25) is 0 Å². The number of amides is 1. The van der Waals surface area contributed by atoms with Crippen LogP contribution in [0.15, 0.2) is 48.8 Å². The lowest BCUT2D eigenvalue weighted by Crippen LogP contribution is -2.41. The van der Waals surface area contributed by atoms with Gasteiger partial charge in [-0.1, -0.05) is 6.92 Å². The van der Waals surface area contributed by atoms with E-state index in [1.807, 2.05) is 12.3 Å². The van der Waals surface area contributed by atoms with Crippen LogP contribution in [0, 0.1) is 11.7 Å². The zero-order valence-electron chi connectivity index (χ0n) is 18.0. The van der Waals surface area contributed by atoms with E-state index in [0.29, 0.717) is 23.3 Å². The van der Waals surface area contributed by atoms with Crippen molar-refractivity contribution >= 4 is 16.8 Å². The molecule has 0 aliphatic heterocycles. The minimum Gasteiger partial charge on any atom is -0.481 e. The summed E-state index contributed by atoms with van der Waals surface area (Å²) >= 11 is 0. The first-order valence-electron chi connectivity index (χ1n) is 10.9. The maximum atomic E-state index is 13.8. The van der Waals surface area contributed by atoms with Gasteiger partial charge in [-0.25, -0.2) is 9.37 Å². The fraction of sp³-hybridized carbons (Fsp3) is 0.400. The Hall–Kier alpha value is -3.02. The molecule has 4 rings (SSSR count).